The van der Waals surface area contributed by atoms with Gasteiger partial charge in [0.15, 0.2) is 5.71 Å². The van der Waals surface area contributed by atoms with E-state index in [0.717, 1.165) is 11.6 Å². The second-order valence-corrected chi connectivity index (χ2v) is 7.55. The summed E-state index contributed by atoms with van der Waals surface area (Å²) in [6, 6.07) is 12.9. The molecule has 0 aliphatic carbocycles. The summed E-state index contributed by atoms with van der Waals surface area (Å²) < 4.78 is 46.5. The molecular formula is C23H14ClF3N2O4. The zero-order chi connectivity index (χ0) is 23.9. The van der Waals surface area contributed by atoms with Crippen LogP contribution in [0.4, 0.5) is 18.9 Å². The van der Waals surface area contributed by atoms with Crippen molar-refractivity contribution in [1.82, 2.24) is 0 Å². The third-order valence-corrected chi connectivity index (χ3v) is 5.28. The summed E-state index contributed by atoms with van der Waals surface area (Å²) in [5.74, 6) is -1.86. The summed E-state index contributed by atoms with van der Waals surface area (Å²) in [7, 11) is 0. The van der Waals surface area contributed by atoms with Crippen LogP contribution in [0.1, 0.15) is 21.7 Å². The zero-order valence-corrected chi connectivity index (χ0v) is 17.6. The average molecular weight is 475 g/mol. The number of anilines is 1. The van der Waals surface area contributed by atoms with Crippen molar-refractivity contribution in [3.63, 3.8) is 0 Å². The molecule has 1 aliphatic heterocycles. The van der Waals surface area contributed by atoms with E-state index in [-0.39, 0.29) is 17.0 Å². The topological polar surface area (TPSA) is 83.1 Å². The second kappa shape index (κ2) is 8.25. The SMILES string of the molecule is Cc1ccc(-c2ccc(C=C3C(=O)N(c4ccc(C(=O)O)cc4)N=C3C(F)(F)F)o2)cc1Cl. The molecule has 6 nitrogen and oxygen atoms in total. The number of halogens is 4. The van der Waals surface area contributed by atoms with E-state index in [0.29, 0.717) is 21.4 Å². The van der Waals surface area contributed by atoms with Crippen molar-refractivity contribution < 1.29 is 32.3 Å². The fourth-order valence-corrected chi connectivity index (χ4v) is 3.33. The Balaban J connectivity index is 1.70. The van der Waals surface area contributed by atoms with Gasteiger partial charge in [-0.2, -0.15) is 23.3 Å². The number of carboxylic acid groups (broad SMARTS) is 1. The normalized spacial score (nSPS) is 15.3. The van der Waals surface area contributed by atoms with Gasteiger partial charge in [0.2, 0.25) is 0 Å². The van der Waals surface area contributed by atoms with Crippen molar-refractivity contribution in [2.45, 2.75) is 13.1 Å². The standard InChI is InChI=1S/C23H14ClF3N2O4/c1-12-2-3-14(10-18(12)24)19-9-8-16(33-19)11-17-20(23(25,26)27)28-29(21(17)30)15-6-4-13(5-7-15)22(31)32/h2-11H,1H3,(H,31,32). The highest BCUT2D eigenvalue weighted by Crippen LogP contribution is 2.34. The second-order valence-electron chi connectivity index (χ2n) is 7.14. The first-order valence-electron chi connectivity index (χ1n) is 9.46. The number of benzene rings is 2. The van der Waals surface area contributed by atoms with Gasteiger partial charge in [-0.3, -0.25) is 4.79 Å². The molecule has 33 heavy (non-hydrogen) atoms. The molecule has 0 spiro atoms. The number of carbonyl (C=O) groups is 2. The first-order valence-corrected chi connectivity index (χ1v) is 9.84. The maximum absolute atomic E-state index is 13.6. The number of nitrogens with zero attached hydrogens (tertiary/aromatic N) is 2. The van der Waals surface area contributed by atoms with Gasteiger partial charge in [-0.25, -0.2) is 4.79 Å². The number of hydrogen-bond donors (Lipinski definition) is 1. The molecule has 0 unspecified atom stereocenters. The van der Waals surface area contributed by atoms with Gasteiger partial charge in [0.25, 0.3) is 5.91 Å². The number of carboxylic acids is 1. The van der Waals surface area contributed by atoms with E-state index in [4.69, 9.17) is 21.1 Å². The van der Waals surface area contributed by atoms with E-state index in [9.17, 15) is 22.8 Å². The maximum atomic E-state index is 13.6. The van der Waals surface area contributed by atoms with Crippen molar-refractivity contribution in [2.24, 2.45) is 5.10 Å². The highest BCUT2D eigenvalue weighted by Gasteiger charge is 2.47. The molecule has 168 valence electrons. The third kappa shape index (κ3) is 4.40. The van der Waals surface area contributed by atoms with Crippen LogP contribution in [0, 0.1) is 6.92 Å². The molecule has 3 aromatic rings. The largest absolute Gasteiger partial charge is 0.478 e. The van der Waals surface area contributed by atoms with Gasteiger partial charge in [-0.15, -0.1) is 0 Å². The predicted octanol–water partition coefficient (Wildman–Crippen LogP) is 5.96. The molecule has 0 fully saturated rings. The van der Waals surface area contributed by atoms with Crippen LogP contribution < -0.4 is 5.01 Å². The van der Waals surface area contributed by atoms with Gasteiger partial charge in [-0.1, -0.05) is 23.7 Å². The summed E-state index contributed by atoms with van der Waals surface area (Å²) in [5, 5.41) is 13.5. The van der Waals surface area contributed by atoms with Crippen molar-refractivity contribution in [3.05, 3.63) is 82.1 Å². The highest BCUT2D eigenvalue weighted by atomic mass is 35.5. The lowest BCUT2D eigenvalue weighted by molar-refractivity contribution is -0.114. The molecule has 1 amide bonds. The van der Waals surface area contributed by atoms with Crippen molar-refractivity contribution in [1.29, 1.82) is 0 Å². The number of hydrogen-bond acceptors (Lipinski definition) is 4. The molecule has 10 heteroatoms. The lowest BCUT2D eigenvalue weighted by Gasteiger charge is -2.11. The first kappa shape index (κ1) is 22.3. The highest BCUT2D eigenvalue weighted by molar-refractivity contribution is 6.34. The smallest absolute Gasteiger partial charge is 0.435 e. The van der Waals surface area contributed by atoms with Crippen LogP contribution in [0.2, 0.25) is 5.02 Å². The minimum Gasteiger partial charge on any atom is -0.478 e. The Kier molecular flexibility index (Phi) is 5.59. The number of furan rings is 1. The molecule has 0 saturated carbocycles. The van der Waals surface area contributed by atoms with Crippen LogP contribution >= 0.6 is 11.6 Å². The molecule has 2 heterocycles. The minimum absolute atomic E-state index is 0.00965. The molecule has 0 saturated heterocycles. The van der Waals surface area contributed by atoms with E-state index in [1.165, 1.54) is 30.3 Å². The van der Waals surface area contributed by atoms with Gasteiger partial charge in [0, 0.05) is 10.6 Å². The van der Waals surface area contributed by atoms with E-state index >= 15 is 0 Å². The van der Waals surface area contributed by atoms with Crippen molar-refractivity contribution in [3.8, 4) is 11.3 Å². The summed E-state index contributed by atoms with van der Waals surface area (Å²) in [4.78, 5) is 23.8. The van der Waals surface area contributed by atoms with Crippen LogP contribution in [0.25, 0.3) is 17.4 Å². The van der Waals surface area contributed by atoms with Gasteiger partial charge < -0.3 is 9.52 Å². The average Bonchev–Trinajstić information content (AvgIpc) is 3.35. The van der Waals surface area contributed by atoms with Crippen LogP contribution in [-0.2, 0) is 4.79 Å². The summed E-state index contributed by atoms with van der Waals surface area (Å²) in [6.07, 6.45) is -3.93. The van der Waals surface area contributed by atoms with Gasteiger partial charge in [-0.05, 0) is 61.0 Å². The maximum Gasteiger partial charge on any atom is 0.435 e. The Bertz CT molecular complexity index is 1320. The molecule has 0 bridgehead atoms. The summed E-state index contributed by atoms with van der Waals surface area (Å²) >= 11 is 6.12. The molecule has 2 aromatic carbocycles. The van der Waals surface area contributed by atoms with Crippen LogP contribution in [-0.4, -0.2) is 28.9 Å². The number of alkyl halides is 3. The number of aromatic carboxylic acids is 1. The predicted molar refractivity (Wildman–Crippen MR) is 116 cm³/mol. The zero-order valence-electron chi connectivity index (χ0n) is 16.9. The van der Waals surface area contributed by atoms with E-state index in [1.54, 1.807) is 24.3 Å². The van der Waals surface area contributed by atoms with Crippen molar-refractivity contribution >= 4 is 41.0 Å². The van der Waals surface area contributed by atoms with Crippen LogP contribution in [0.5, 0.6) is 0 Å². The van der Waals surface area contributed by atoms with Crippen LogP contribution in [0.15, 0.2) is 69.7 Å². The Hall–Kier alpha value is -3.85. The van der Waals surface area contributed by atoms with Gasteiger partial charge in [0.1, 0.15) is 11.5 Å². The molecule has 1 aliphatic rings. The van der Waals surface area contributed by atoms with E-state index in [2.05, 4.69) is 5.10 Å². The Morgan fingerprint density at radius 3 is 2.42 bits per heavy atom. The minimum atomic E-state index is -4.91. The fraction of sp³-hybridized carbons (Fsp3) is 0.0870. The number of rotatable bonds is 4. The van der Waals surface area contributed by atoms with Crippen LogP contribution in [0.3, 0.4) is 0 Å². The summed E-state index contributed by atoms with van der Waals surface area (Å²) in [6.45, 7) is 1.83. The molecule has 4 rings (SSSR count). The van der Waals surface area contributed by atoms with E-state index < -0.39 is 29.3 Å². The Labute approximate surface area is 190 Å². The number of amides is 1. The number of carbonyl (C=O) groups excluding carboxylic acids is 1. The number of aryl methyl sites for hydroxylation is 1. The molecule has 1 N–H and O–H groups in total. The molecule has 0 atom stereocenters. The van der Waals surface area contributed by atoms with Gasteiger partial charge >= 0.3 is 12.1 Å². The monoisotopic (exact) mass is 474 g/mol. The van der Waals surface area contributed by atoms with E-state index in [1.807, 2.05) is 6.92 Å². The first-order chi connectivity index (χ1) is 15.5. The molecule has 1 aromatic heterocycles. The Morgan fingerprint density at radius 2 is 1.82 bits per heavy atom. The van der Waals surface area contributed by atoms with Gasteiger partial charge in [0.05, 0.1) is 16.8 Å². The summed E-state index contributed by atoms with van der Waals surface area (Å²) in [5.41, 5.74) is -0.699. The quantitative estimate of drug-likeness (QED) is 0.473. The lowest BCUT2D eigenvalue weighted by Crippen LogP contribution is -2.25. The Morgan fingerprint density at radius 1 is 1.12 bits per heavy atom. The lowest BCUT2D eigenvalue weighted by atomic mass is 10.1. The third-order valence-electron chi connectivity index (χ3n) is 4.87. The fourth-order valence-electron chi connectivity index (χ4n) is 3.15. The number of hydrazone groups is 1. The van der Waals surface area contributed by atoms with Crippen molar-refractivity contribution in [2.75, 3.05) is 5.01 Å². The molecule has 0 radical (unpaired) electrons. The molecular weight excluding hydrogens is 461 g/mol.